The summed E-state index contributed by atoms with van der Waals surface area (Å²) in [4.78, 5) is 18.9. The van der Waals surface area contributed by atoms with Gasteiger partial charge in [-0.1, -0.05) is 42.1 Å². The van der Waals surface area contributed by atoms with Gasteiger partial charge in [0, 0.05) is 31.0 Å². The maximum absolute atomic E-state index is 12.8. The zero-order chi connectivity index (χ0) is 20.1. The molecule has 0 saturated carbocycles. The highest BCUT2D eigenvalue weighted by molar-refractivity contribution is 8.00. The van der Waals surface area contributed by atoms with E-state index in [9.17, 15) is 4.79 Å². The van der Waals surface area contributed by atoms with Crippen LogP contribution in [0.2, 0.25) is 0 Å². The fourth-order valence-corrected chi connectivity index (χ4v) is 4.17. The van der Waals surface area contributed by atoms with Gasteiger partial charge in [0.2, 0.25) is 5.91 Å². The molecule has 8 heteroatoms. The summed E-state index contributed by atoms with van der Waals surface area (Å²) < 4.78 is 7.41. The van der Waals surface area contributed by atoms with Crippen molar-refractivity contribution < 1.29 is 9.53 Å². The van der Waals surface area contributed by atoms with Crippen molar-refractivity contribution in [3.05, 3.63) is 60.4 Å². The first-order chi connectivity index (χ1) is 14.2. The van der Waals surface area contributed by atoms with Crippen LogP contribution in [0.15, 0.2) is 60.0 Å². The predicted molar refractivity (Wildman–Crippen MR) is 112 cm³/mol. The molecule has 0 bridgehead atoms. The van der Waals surface area contributed by atoms with Crippen molar-refractivity contribution in [2.45, 2.75) is 23.9 Å². The van der Waals surface area contributed by atoms with E-state index in [4.69, 9.17) is 4.74 Å². The number of aromatic nitrogens is 4. The number of benzene rings is 1. The maximum atomic E-state index is 12.8. The summed E-state index contributed by atoms with van der Waals surface area (Å²) in [7, 11) is 0. The Morgan fingerprint density at radius 3 is 2.66 bits per heavy atom. The number of ether oxygens (including phenoxy) is 1. The first-order valence-electron chi connectivity index (χ1n) is 9.63. The number of nitrogens with zero attached hydrogens (tertiary/aromatic N) is 5. The van der Waals surface area contributed by atoms with Gasteiger partial charge in [0.1, 0.15) is 0 Å². The molecule has 1 fully saturated rings. The zero-order valence-corrected chi connectivity index (χ0v) is 17.1. The second kappa shape index (κ2) is 9.19. The maximum Gasteiger partial charge on any atom is 0.236 e. The molecule has 1 aliphatic rings. The summed E-state index contributed by atoms with van der Waals surface area (Å²) in [5, 5.41) is 9.29. The third kappa shape index (κ3) is 4.65. The summed E-state index contributed by atoms with van der Waals surface area (Å²) in [5.74, 6) is 0.853. The predicted octanol–water partition coefficient (Wildman–Crippen LogP) is 2.73. The highest BCUT2D eigenvalue weighted by Crippen LogP contribution is 2.28. The molecule has 1 amide bonds. The van der Waals surface area contributed by atoms with E-state index in [1.807, 2.05) is 42.2 Å². The molecular weight excluding hydrogens is 386 g/mol. The molecule has 1 aliphatic heterocycles. The molecule has 0 spiro atoms. The van der Waals surface area contributed by atoms with Gasteiger partial charge in [0.15, 0.2) is 11.0 Å². The first kappa shape index (κ1) is 19.6. The number of morpholine rings is 1. The number of carbonyl (C=O) groups is 1. The molecule has 1 unspecified atom stereocenters. The lowest BCUT2D eigenvalue weighted by molar-refractivity contribution is -0.134. The van der Waals surface area contributed by atoms with Crippen LogP contribution in [0.25, 0.3) is 11.4 Å². The number of hydrogen-bond acceptors (Lipinski definition) is 6. The van der Waals surface area contributed by atoms with Gasteiger partial charge in [-0.05, 0) is 24.6 Å². The minimum Gasteiger partial charge on any atom is -0.378 e. The fraction of sp³-hybridized carbons (Fsp3) is 0.333. The molecule has 2 aromatic heterocycles. The van der Waals surface area contributed by atoms with Crippen LogP contribution < -0.4 is 0 Å². The molecule has 0 aliphatic carbocycles. The third-order valence-electron chi connectivity index (χ3n) is 4.77. The summed E-state index contributed by atoms with van der Waals surface area (Å²) in [5.41, 5.74) is 2.04. The van der Waals surface area contributed by atoms with Gasteiger partial charge in [-0.15, -0.1) is 10.2 Å². The van der Waals surface area contributed by atoms with Gasteiger partial charge in [-0.3, -0.25) is 14.3 Å². The average Bonchev–Trinajstić information content (AvgIpc) is 3.17. The SMILES string of the molecule is CC(Sc1nnc(-c2cccnc2)n1Cc1ccccc1)C(=O)N1CCOCC1. The van der Waals surface area contributed by atoms with Crippen molar-refractivity contribution in [2.75, 3.05) is 26.3 Å². The molecule has 0 N–H and O–H groups in total. The van der Waals surface area contributed by atoms with Crippen LogP contribution in [0.1, 0.15) is 12.5 Å². The van der Waals surface area contributed by atoms with Crippen molar-refractivity contribution in [1.29, 1.82) is 0 Å². The van der Waals surface area contributed by atoms with Crippen LogP contribution in [-0.2, 0) is 16.1 Å². The van der Waals surface area contributed by atoms with Crippen molar-refractivity contribution in [1.82, 2.24) is 24.6 Å². The summed E-state index contributed by atoms with van der Waals surface area (Å²) in [6.45, 7) is 5.02. The van der Waals surface area contributed by atoms with Gasteiger partial charge in [0.25, 0.3) is 0 Å². The second-order valence-corrected chi connectivity index (χ2v) is 8.13. The van der Waals surface area contributed by atoms with Crippen LogP contribution in [0.4, 0.5) is 0 Å². The highest BCUT2D eigenvalue weighted by atomic mass is 32.2. The Morgan fingerprint density at radius 1 is 1.14 bits per heavy atom. The van der Waals surface area contributed by atoms with E-state index in [1.165, 1.54) is 11.8 Å². The molecule has 1 saturated heterocycles. The number of rotatable bonds is 6. The Morgan fingerprint density at radius 2 is 1.93 bits per heavy atom. The van der Waals surface area contributed by atoms with E-state index in [2.05, 4.69) is 31.9 Å². The van der Waals surface area contributed by atoms with Gasteiger partial charge in [-0.25, -0.2) is 0 Å². The highest BCUT2D eigenvalue weighted by Gasteiger charge is 2.26. The molecule has 0 radical (unpaired) electrons. The second-order valence-electron chi connectivity index (χ2n) is 6.82. The average molecular weight is 410 g/mol. The molecule has 4 rings (SSSR count). The quantitative estimate of drug-likeness (QED) is 0.583. The summed E-state index contributed by atoms with van der Waals surface area (Å²) in [6, 6.07) is 14.0. The largest absolute Gasteiger partial charge is 0.378 e. The molecule has 150 valence electrons. The van der Waals surface area contributed by atoms with Crippen molar-refractivity contribution >= 4 is 17.7 Å². The minimum atomic E-state index is -0.256. The van der Waals surface area contributed by atoms with Crippen molar-refractivity contribution in [2.24, 2.45) is 0 Å². The standard InChI is InChI=1S/C21H23N5O2S/c1-16(20(27)25-10-12-28-13-11-25)29-21-24-23-19(18-8-5-9-22-14-18)26(21)15-17-6-3-2-4-7-17/h2-9,14,16H,10-13,15H2,1H3. The number of hydrogen-bond donors (Lipinski definition) is 0. The number of carbonyl (C=O) groups excluding carboxylic acids is 1. The lowest BCUT2D eigenvalue weighted by atomic mass is 10.2. The molecular formula is C21H23N5O2S. The van der Waals surface area contributed by atoms with Crippen LogP contribution in [-0.4, -0.2) is 62.1 Å². The van der Waals surface area contributed by atoms with Gasteiger partial charge < -0.3 is 9.64 Å². The molecule has 29 heavy (non-hydrogen) atoms. The Balaban J connectivity index is 1.60. The minimum absolute atomic E-state index is 0.107. The number of amides is 1. The van der Waals surface area contributed by atoms with Crippen molar-refractivity contribution in [3.8, 4) is 11.4 Å². The van der Waals surface area contributed by atoms with Crippen LogP contribution in [0, 0.1) is 0 Å². The van der Waals surface area contributed by atoms with Crippen LogP contribution >= 0.6 is 11.8 Å². The Kier molecular flexibility index (Phi) is 6.21. The summed E-state index contributed by atoms with van der Waals surface area (Å²) in [6.07, 6.45) is 3.52. The molecule has 1 aromatic carbocycles. The molecule has 7 nitrogen and oxygen atoms in total. The fourth-order valence-electron chi connectivity index (χ4n) is 3.24. The van der Waals surface area contributed by atoms with Gasteiger partial charge in [-0.2, -0.15) is 0 Å². The Hall–Kier alpha value is -2.71. The van der Waals surface area contributed by atoms with Gasteiger partial charge in [0.05, 0.1) is 25.0 Å². The molecule has 3 heterocycles. The zero-order valence-electron chi connectivity index (χ0n) is 16.3. The first-order valence-corrected chi connectivity index (χ1v) is 10.5. The topological polar surface area (TPSA) is 73.1 Å². The van der Waals surface area contributed by atoms with E-state index in [-0.39, 0.29) is 11.2 Å². The van der Waals surface area contributed by atoms with E-state index in [0.29, 0.717) is 32.8 Å². The van der Waals surface area contributed by atoms with E-state index in [0.717, 1.165) is 22.1 Å². The molecule has 1 atom stereocenters. The smallest absolute Gasteiger partial charge is 0.236 e. The number of thioether (sulfide) groups is 1. The molecule has 3 aromatic rings. The Bertz CT molecular complexity index is 942. The lowest BCUT2D eigenvalue weighted by Gasteiger charge is -2.28. The monoisotopic (exact) mass is 409 g/mol. The summed E-state index contributed by atoms with van der Waals surface area (Å²) >= 11 is 1.44. The van der Waals surface area contributed by atoms with E-state index >= 15 is 0 Å². The third-order valence-corrected chi connectivity index (χ3v) is 5.84. The van der Waals surface area contributed by atoms with Gasteiger partial charge >= 0.3 is 0 Å². The van der Waals surface area contributed by atoms with Crippen molar-refractivity contribution in [3.63, 3.8) is 0 Å². The Labute approximate surface area is 174 Å². The normalized spacial score (nSPS) is 15.3. The number of pyridine rings is 1. The van der Waals surface area contributed by atoms with Crippen LogP contribution in [0.3, 0.4) is 0 Å². The van der Waals surface area contributed by atoms with E-state index in [1.54, 1.807) is 12.4 Å². The lowest BCUT2D eigenvalue weighted by Crippen LogP contribution is -2.44. The van der Waals surface area contributed by atoms with Crippen LogP contribution in [0.5, 0.6) is 0 Å². The van der Waals surface area contributed by atoms with E-state index < -0.39 is 0 Å².